The van der Waals surface area contributed by atoms with Crippen LogP contribution in [-0.4, -0.2) is 47.3 Å². The highest BCUT2D eigenvalue weighted by molar-refractivity contribution is 5.77. The summed E-state index contributed by atoms with van der Waals surface area (Å²) in [6, 6.07) is 17.9. The molecule has 3 aromatic rings. The average molecular weight is 390 g/mol. The van der Waals surface area contributed by atoms with Crippen LogP contribution in [0.25, 0.3) is 5.69 Å². The van der Waals surface area contributed by atoms with Gasteiger partial charge in [0.1, 0.15) is 5.75 Å². The van der Waals surface area contributed by atoms with Crippen molar-refractivity contribution in [3.05, 3.63) is 78.1 Å². The molecule has 0 bridgehead atoms. The predicted molar refractivity (Wildman–Crippen MR) is 112 cm³/mol. The molecule has 0 radical (unpaired) electrons. The van der Waals surface area contributed by atoms with Gasteiger partial charge in [0.25, 0.3) is 0 Å². The van der Waals surface area contributed by atoms with Crippen LogP contribution in [-0.2, 0) is 11.2 Å². The van der Waals surface area contributed by atoms with Crippen molar-refractivity contribution in [2.45, 2.75) is 18.9 Å². The highest BCUT2D eigenvalue weighted by Gasteiger charge is 2.29. The molecule has 0 spiro atoms. The molecular formula is C23H26N4O2. The number of benzene rings is 2. The number of aryl methyl sites for hydroxylation is 1. The number of piperazine rings is 1. The monoisotopic (exact) mass is 390 g/mol. The van der Waals surface area contributed by atoms with Gasteiger partial charge < -0.3 is 15.0 Å². The van der Waals surface area contributed by atoms with Gasteiger partial charge in [-0.05, 0) is 30.2 Å². The molecule has 150 valence electrons. The number of hydrogen-bond donors (Lipinski definition) is 1. The van der Waals surface area contributed by atoms with Crippen molar-refractivity contribution >= 4 is 5.91 Å². The quantitative estimate of drug-likeness (QED) is 0.703. The summed E-state index contributed by atoms with van der Waals surface area (Å²) in [6.45, 7) is 2.24. The Morgan fingerprint density at radius 1 is 1.17 bits per heavy atom. The molecule has 2 heterocycles. The van der Waals surface area contributed by atoms with Crippen molar-refractivity contribution < 1.29 is 9.53 Å². The number of carbonyl (C=O) groups is 1. The number of nitrogens with zero attached hydrogens (tertiary/aromatic N) is 3. The molecule has 1 aromatic heterocycles. The Morgan fingerprint density at radius 2 is 1.97 bits per heavy atom. The van der Waals surface area contributed by atoms with E-state index in [2.05, 4.69) is 10.4 Å². The zero-order valence-corrected chi connectivity index (χ0v) is 16.6. The summed E-state index contributed by atoms with van der Waals surface area (Å²) in [7, 11) is 1.67. The maximum atomic E-state index is 13.1. The van der Waals surface area contributed by atoms with E-state index in [0.717, 1.165) is 35.7 Å². The minimum Gasteiger partial charge on any atom is -0.496 e. The molecule has 1 unspecified atom stereocenters. The SMILES string of the molecule is COc1ccccc1C1CNCCN1C(=O)CCc1cnn(-c2ccccc2)c1. The maximum Gasteiger partial charge on any atom is 0.223 e. The smallest absolute Gasteiger partial charge is 0.223 e. The van der Waals surface area contributed by atoms with Gasteiger partial charge in [0, 0.05) is 37.8 Å². The van der Waals surface area contributed by atoms with Crippen LogP contribution in [0.15, 0.2) is 67.0 Å². The molecular weight excluding hydrogens is 364 g/mol. The number of rotatable bonds is 6. The zero-order chi connectivity index (χ0) is 20.1. The van der Waals surface area contributed by atoms with E-state index >= 15 is 0 Å². The van der Waals surface area contributed by atoms with Gasteiger partial charge in [-0.1, -0.05) is 36.4 Å². The molecule has 1 atom stereocenters. The first-order valence-electron chi connectivity index (χ1n) is 9.98. The first kappa shape index (κ1) is 19.2. The second-order valence-corrected chi connectivity index (χ2v) is 7.18. The van der Waals surface area contributed by atoms with Crippen LogP contribution in [0.5, 0.6) is 5.75 Å². The summed E-state index contributed by atoms with van der Waals surface area (Å²) < 4.78 is 7.37. The minimum atomic E-state index is -0.0144. The Balaban J connectivity index is 1.44. The molecule has 1 saturated heterocycles. The van der Waals surface area contributed by atoms with E-state index in [1.165, 1.54) is 0 Å². The van der Waals surface area contributed by atoms with Gasteiger partial charge in [-0.3, -0.25) is 4.79 Å². The highest BCUT2D eigenvalue weighted by Crippen LogP contribution is 2.30. The molecule has 6 nitrogen and oxygen atoms in total. The molecule has 1 aliphatic rings. The molecule has 1 aliphatic heterocycles. The summed E-state index contributed by atoms with van der Waals surface area (Å²) in [5.41, 5.74) is 3.13. The number of nitrogens with one attached hydrogen (secondary N) is 1. The number of aromatic nitrogens is 2. The third-order valence-electron chi connectivity index (χ3n) is 5.35. The largest absolute Gasteiger partial charge is 0.496 e. The second kappa shape index (κ2) is 8.92. The van der Waals surface area contributed by atoms with Crippen LogP contribution >= 0.6 is 0 Å². The molecule has 0 aliphatic carbocycles. The average Bonchev–Trinajstić information content (AvgIpc) is 3.27. The van der Waals surface area contributed by atoms with Gasteiger partial charge in [-0.2, -0.15) is 5.10 Å². The Labute approximate surface area is 171 Å². The molecule has 1 N–H and O–H groups in total. The predicted octanol–water partition coefficient (Wildman–Crippen LogP) is 2.99. The first-order chi connectivity index (χ1) is 14.3. The van der Waals surface area contributed by atoms with Crippen molar-refractivity contribution in [1.82, 2.24) is 20.0 Å². The lowest BCUT2D eigenvalue weighted by Gasteiger charge is -2.37. The number of para-hydroxylation sites is 2. The van der Waals surface area contributed by atoms with Gasteiger partial charge in [0.05, 0.1) is 25.0 Å². The molecule has 2 aromatic carbocycles. The van der Waals surface area contributed by atoms with Crippen LogP contribution < -0.4 is 10.1 Å². The van der Waals surface area contributed by atoms with Crippen molar-refractivity contribution in [1.29, 1.82) is 0 Å². The zero-order valence-electron chi connectivity index (χ0n) is 16.6. The molecule has 1 fully saturated rings. The Bertz CT molecular complexity index is 954. The summed E-state index contributed by atoms with van der Waals surface area (Å²) >= 11 is 0. The fraction of sp³-hybridized carbons (Fsp3) is 0.304. The van der Waals surface area contributed by atoms with E-state index in [1.54, 1.807) is 7.11 Å². The van der Waals surface area contributed by atoms with Crippen LogP contribution in [0.1, 0.15) is 23.6 Å². The van der Waals surface area contributed by atoms with Crippen LogP contribution in [0.4, 0.5) is 0 Å². The van der Waals surface area contributed by atoms with E-state index in [1.807, 2.05) is 76.6 Å². The van der Waals surface area contributed by atoms with Crippen molar-refractivity contribution in [2.75, 3.05) is 26.7 Å². The van der Waals surface area contributed by atoms with Crippen molar-refractivity contribution in [2.24, 2.45) is 0 Å². The maximum absolute atomic E-state index is 13.1. The molecule has 29 heavy (non-hydrogen) atoms. The lowest BCUT2D eigenvalue weighted by molar-refractivity contribution is -0.134. The third kappa shape index (κ3) is 4.32. The summed E-state index contributed by atoms with van der Waals surface area (Å²) in [6.07, 6.45) is 4.98. The number of methoxy groups -OCH3 is 1. The second-order valence-electron chi connectivity index (χ2n) is 7.18. The lowest BCUT2D eigenvalue weighted by atomic mass is 10.0. The Kier molecular flexibility index (Phi) is 5.91. The Hall–Kier alpha value is -3.12. The molecule has 0 saturated carbocycles. The van der Waals surface area contributed by atoms with E-state index < -0.39 is 0 Å². The van der Waals surface area contributed by atoms with Gasteiger partial charge in [-0.15, -0.1) is 0 Å². The molecule has 1 amide bonds. The van der Waals surface area contributed by atoms with E-state index in [-0.39, 0.29) is 11.9 Å². The lowest BCUT2D eigenvalue weighted by Crippen LogP contribution is -2.48. The van der Waals surface area contributed by atoms with Gasteiger partial charge in [-0.25, -0.2) is 4.68 Å². The van der Waals surface area contributed by atoms with Crippen LogP contribution in [0.2, 0.25) is 0 Å². The first-order valence-corrected chi connectivity index (χ1v) is 9.98. The Morgan fingerprint density at radius 3 is 2.79 bits per heavy atom. The molecule has 4 rings (SSSR count). The van der Waals surface area contributed by atoms with Gasteiger partial charge >= 0.3 is 0 Å². The van der Waals surface area contributed by atoms with E-state index in [4.69, 9.17) is 4.74 Å². The summed E-state index contributed by atoms with van der Waals surface area (Å²) in [5, 5.41) is 7.83. The summed E-state index contributed by atoms with van der Waals surface area (Å²) in [4.78, 5) is 15.0. The number of ether oxygens (including phenoxy) is 1. The van der Waals surface area contributed by atoms with Crippen molar-refractivity contribution in [3.8, 4) is 11.4 Å². The van der Waals surface area contributed by atoms with Gasteiger partial charge in [0.15, 0.2) is 0 Å². The fourth-order valence-corrected chi connectivity index (χ4v) is 3.83. The van der Waals surface area contributed by atoms with E-state index in [0.29, 0.717) is 19.4 Å². The van der Waals surface area contributed by atoms with E-state index in [9.17, 15) is 4.79 Å². The number of hydrogen-bond acceptors (Lipinski definition) is 4. The topological polar surface area (TPSA) is 59.4 Å². The van der Waals surface area contributed by atoms with Crippen molar-refractivity contribution in [3.63, 3.8) is 0 Å². The highest BCUT2D eigenvalue weighted by atomic mass is 16.5. The standard InChI is InChI=1S/C23H26N4O2/c1-29-22-10-6-5-9-20(22)21-16-24-13-14-26(21)23(28)12-11-18-15-25-27(17-18)19-7-3-2-4-8-19/h2-10,15,17,21,24H,11-14,16H2,1H3. The van der Waals surface area contributed by atoms with Crippen LogP contribution in [0, 0.1) is 0 Å². The third-order valence-corrected chi connectivity index (χ3v) is 5.35. The number of amides is 1. The molecule has 6 heteroatoms. The van der Waals surface area contributed by atoms with Crippen LogP contribution in [0.3, 0.4) is 0 Å². The van der Waals surface area contributed by atoms with Gasteiger partial charge in [0.2, 0.25) is 5.91 Å². The normalized spacial score (nSPS) is 16.6. The minimum absolute atomic E-state index is 0.0144. The fourth-order valence-electron chi connectivity index (χ4n) is 3.83. The number of carbonyl (C=O) groups excluding carboxylic acids is 1. The summed E-state index contributed by atoms with van der Waals surface area (Å²) in [5.74, 6) is 0.984.